The van der Waals surface area contributed by atoms with Crippen molar-refractivity contribution < 1.29 is 18.1 Å². The first-order valence-corrected chi connectivity index (χ1v) is 5.65. The molecule has 0 aliphatic rings. The van der Waals surface area contributed by atoms with Gasteiger partial charge >= 0.3 is 7.82 Å². The SMILES string of the molecule is CCOP(=O)(OCC)OC(C)Cl. The lowest BCUT2D eigenvalue weighted by molar-refractivity contribution is 0.116. The van der Waals surface area contributed by atoms with Gasteiger partial charge in [0.25, 0.3) is 0 Å². The number of rotatable bonds is 6. The van der Waals surface area contributed by atoms with E-state index in [1.165, 1.54) is 0 Å². The van der Waals surface area contributed by atoms with Crippen molar-refractivity contribution in [2.24, 2.45) is 0 Å². The monoisotopic (exact) mass is 216 g/mol. The highest BCUT2D eigenvalue weighted by atomic mass is 35.5. The highest BCUT2D eigenvalue weighted by molar-refractivity contribution is 7.48. The summed E-state index contributed by atoms with van der Waals surface area (Å²) in [4.78, 5) is 0. The summed E-state index contributed by atoms with van der Waals surface area (Å²) in [6.07, 6.45) is 0. The summed E-state index contributed by atoms with van der Waals surface area (Å²) in [6.45, 7) is 5.48. The molecule has 0 amide bonds. The molecule has 0 radical (unpaired) electrons. The molecule has 0 heterocycles. The Hall–Kier alpha value is 0.400. The fraction of sp³-hybridized carbons (Fsp3) is 1.00. The molecule has 0 bridgehead atoms. The molecular formula is C6H14ClO4P. The topological polar surface area (TPSA) is 44.8 Å². The first-order chi connectivity index (χ1) is 5.54. The van der Waals surface area contributed by atoms with E-state index in [4.69, 9.17) is 25.2 Å². The van der Waals surface area contributed by atoms with E-state index in [1.807, 2.05) is 0 Å². The number of hydrogen-bond donors (Lipinski definition) is 0. The summed E-state index contributed by atoms with van der Waals surface area (Å²) in [5, 5.41) is 0. The summed E-state index contributed by atoms with van der Waals surface area (Å²) in [7, 11) is -3.41. The van der Waals surface area contributed by atoms with Crippen LogP contribution >= 0.6 is 19.4 Å². The van der Waals surface area contributed by atoms with Gasteiger partial charge < -0.3 is 0 Å². The maximum atomic E-state index is 11.5. The van der Waals surface area contributed by atoms with Crippen molar-refractivity contribution in [1.29, 1.82) is 0 Å². The van der Waals surface area contributed by atoms with Gasteiger partial charge in [-0.05, 0) is 20.8 Å². The zero-order valence-corrected chi connectivity index (χ0v) is 9.10. The van der Waals surface area contributed by atoms with Crippen molar-refractivity contribution in [2.45, 2.75) is 26.3 Å². The van der Waals surface area contributed by atoms with Gasteiger partial charge in [0.2, 0.25) is 0 Å². The van der Waals surface area contributed by atoms with Crippen molar-refractivity contribution in [3.63, 3.8) is 0 Å². The maximum absolute atomic E-state index is 11.5. The molecule has 0 rings (SSSR count). The highest BCUT2D eigenvalue weighted by Crippen LogP contribution is 2.50. The third kappa shape index (κ3) is 5.12. The second-order valence-electron chi connectivity index (χ2n) is 1.93. The van der Waals surface area contributed by atoms with E-state index in [-0.39, 0.29) is 13.2 Å². The molecule has 0 aromatic heterocycles. The smallest absolute Gasteiger partial charge is 0.287 e. The Morgan fingerprint density at radius 3 is 2.00 bits per heavy atom. The fourth-order valence-corrected chi connectivity index (χ4v) is 2.07. The molecule has 0 saturated carbocycles. The maximum Gasteiger partial charge on any atom is 0.476 e. The normalized spacial score (nSPS) is 14.7. The van der Waals surface area contributed by atoms with E-state index >= 15 is 0 Å². The van der Waals surface area contributed by atoms with Gasteiger partial charge in [-0.15, -0.1) is 0 Å². The van der Waals surface area contributed by atoms with Crippen LogP contribution in [0.2, 0.25) is 0 Å². The summed E-state index contributed by atoms with van der Waals surface area (Å²) in [5.41, 5.74) is -0.686. The molecule has 0 aromatic rings. The second kappa shape index (κ2) is 5.95. The van der Waals surface area contributed by atoms with Crippen molar-refractivity contribution in [2.75, 3.05) is 13.2 Å². The third-order valence-electron chi connectivity index (χ3n) is 0.849. The van der Waals surface area contributed by atoms with Gasteiger partial charge in [-0.25, -0.2) is 4.57 Å². The number of hydrogen-bond acceptors (Lipinski definition) is 4. The first-order valence-electron chi connectivity index (χ1n) is 3.75. The van der Waals surface area contributed by atoms with Crippen LogP contribution in [0.3, 0.4) is 0 Å². The molecule has 4 nitrogen and oxygen atoms in total. The second-order valence-corrected chi connectivity index (χ2v) is 4.17. The minimum atomic E-state index is -3.41. The number of alkyl halides is 1. The molecule has 1 atom stereocenters. The predicted octanol–water partition coefficient (Wildman–Crippen LogP) is 2.77. The lowest BCUT2D eigenvalue weighted by Gasteiger charge is -2.17. The van der Waals surface area contributed by atoms with Crippen LogP contribution in [0, 0.1) is 0 Å². The van der Waals surface area contributed by atoms with Crippen LogP contribution in [-0.4, -0.2) is 18.8 Å². The minimum absolute atomic E-state index is 0.265. The van der Waals surface area contributed by atoms with Gasteiger partial charge in [0.15, 0.2) is 0 Å². The lowest BCUT2D eigenvalue weighted by atomic mass is 10.9. The average Bonchev–Trinajstić information content (AvgIpc) is 1.85. The van der Waals surface area contributed by atoms with Crippen molar-refractivity contribution in [3.05, 3.63) is 0 Å². The number of phosphoric acid groups is 1. The average molecular weight is 217 g/mol. The predicted molar refractivity (Wildman–Crippen MR) is 47.3 cm³/mol. The van der Waals surface area contributed by atoms with Crippen molar-refractivity contribution >= 4 is 19.4 Å². The largest absolute Gasteiger partial charge is 0.476 e. The fourth-order valence-electron chi connectivity index (χ4n) is 0.592. The van der Waals surface area contributed by atoms with Crippen LogP contribution in [-0.2, 0) is 18.1 Å². The third-order valence-corrected chi connectivity index (χ3v) is 2.79. The molecule has 6 heteroatoms. The van der Waals surface area contributed by atoms with Crippen LogP contribution in [0.5, 0.6) is 0 Å². The van der Waals surface area contributed by atoms with E-state index in [2.05, 4.69) is 0 Å². The van der Waals surface area contributed by atoms with Crippen LogP contribution in [0.1, 0.15) is 20.8 Å². The Balaban J connectivity index is 4.08. The van der Waals surface area contributed by atoms with Gasteiger partial charge in [0.1, 0.15) is 5.56 Å². The molecule has 0 aliphatic carbocycles. The standard InChI is InChI=1S/C6H14ClO4P/c1-4-9-12(8,10-5-2)11-6(3)7/h6H,4-5H2,1-3H3. The molecule has 0 saturated heterocycles. The molecule has 0 aliphatic heterocycles. The molecule has 74 valence electrons. The Labute approximate surface area is 77.8 Å². The number of phosphoric ester groups is 1. The van der Waals surface area contributed by atoms with Gasteiger partial charge in [0.05, 0.1) is 13.2 Å². The van der Waals surface area contributed by atoms with Crippen LogP contribution in [0.4, 0.5) is 0 Å². The van der Waals surface area contributed by atoms with Crippen molar-refractivity contribution in [1.82, 2.24) is 0 Å². The van der Waals surface area contributed by atoms with E-state index < -0.39 is 13.4 Å². The Bertz CT molecular complexity index is 152. The van der Waals surface area contributed by atoms with Gasteiger partial charge in [-0.1, -0.05) is 11.6 Å². The number of halogens is 1. The molecule has 0 fully saturated rings. The lowest BCUT2D eigenvalue weighted by Crippen LogP contribution is -2.04. The molecule has 0 spiro atoms. The molecule has 12 heavy (non-hydrogen) atoms. The Morgan fingerprint density at radius 2 is 1.75 bits per heavy atom. The van der Waals surface area contributed by atoms with E-state index in [0.717, 1.165) is 0 Å². The van der Waals surface area contributed by atoms with Gasteiger partial charge in [-0.2, -0.15) is 0 Å². The zero-order chi connectivity index (χ0) is 9.61. The minimum Gasteiger partial charge on any atom is -0.287 e. The van der Waals surface area contributed by atoms with E-state index in [0.29, 0.717) is 0 Å². The first kappa shape index (κ1) is 12.4. The quantitative estimate of drug-likeness (QED) is 0.506. The zero-order valence-electron chi connectivity index (χ0n) is 7.45. The summed E-state index contributed by atoms with van der Waals surface area (Å²) >= 11 is 5.48. The Kier molecular flexibility index (Phi) is 6.14. The van der Waals surface area contributed by atoms with Crippen LogP contribution < -0.4 is 0 Å². The summed E-state index contributed by atoms with van der Waals surface area (Å²) in [5.74, 6) is 0. The van der Waals surface area contributed by atoms with Crippen molar-refractivity contribution in [3.8, 4) is 0 Å². The van der Waals surface area contributed by atoms with Gasteiger partial charge in [-0.3, -0.25) is 13.6 Å². The molecule has 1 unspecified atom stereocenters. The molecule has 0 aromatic carbocycles. The molecule has 0 N–H and O–H groups in total. The van der Waals surface area contributed by atoms with Crippen LogP contribution in [0.25, 0.3) is 0 Å². The summed E-state index contributed by atoms with van der Waals surface area (Å²) in [6, 6.07) is 0. The summed E-state index contributed by atoms with van der Waals surface area (Å²) < 4.78 is 25.9. The Morgan fingerprint density at radius 1 is 1.33 bits per heavy atom. The van der Waals surface area contributed by atoms with E-state index in [1.54, 1.807) is 20.8 Å². The van der Waals surface area contributed by atoms with Gasteiger partial charge in [0, 0.05) is 0 Å². The van der Waals surface area contributed by atoms with E-state index in [9.17, 15) is 4.57 Å². The molecular weight excluding hydrogens is 202 g/mol. The highest BCUT2D eigenvalue weighted by Gasteiger charge is 2.27. The van der Waals surface area contributed by atoms with Crippen LogP contribution in [0.15, 0.2) is 0 Å².